The van der Waals surface area contributed by atoms with E-state index in [-0.39, 0.29) is 5.82 Å². The molecule has 0 amide bonds. The Kier molecular flexibility index (Phi) is 9.64. The van der Waals surface area contributed by atoms with Crippen molar-refractivity contribution in [2.75, 3.05) is 33.2 Å². The maximum absolute atomic E-state index is 13.0. The molecule has 0 aliphatic heterocycles. The number of aromatic nitrogens is 1. The molecule has 0 fully saturated rings. The van der Waals surface area contributed by atoms with Crippen LogP contribution in [0.5, 0.6) is 0 Å². The van der Waals surface area contributed by atoms with Gasteiger partial charge >= 0.3 is 0 Å². The highest BCUT2D eigenvalue weighted by atomic mass is 19.1. The second kappa shape index (κ2) is 12.2. The fourth-order valence-electron chi connectivity index (χ4n) is 3.12. The summed E-state index contributed by atoms with van der Waals surface area (Å²) in [6.45, 7) is 10.6. The first-order valence-corrected chi connectivity index (χ1v) is 10.5. The van der Waals surface area contributed by atoms with Crippen LogP contribution >= 0.6 is 0 Å². The molecule has 1 heterocycles. The molecule has 29 heavy (non-hydrogen) atoms. The molecule has 6 nitrogen and oxygen atoms in total. The summed E-state index contributed by atoms with van der Waals surface area (Å²) in [7, 11) is 1.78. The molecule has 1 atom stereocenters. The summed E-state index contributed by atoms with van der Waals surface area (Å²) >= 11 is 0. The molecule has 0 radical (unpaired) electrons. The number of halogens is 1. The molecule has 0 spiro atoms. The Labute approximate surface area is 173 Å². The minimum absolute atomic E-state index is 0.272. The molecule has 160 valence electrons. The Balaban J connectivity index is 1.72. The Bertz CT molecular complexity index is 740. The lowest BCUT2D eigenvalue weighted by Gasteiger charge is -2.21. The smallest absolute Gasteiger partial charge is 0.226 e. The predicted octanol–water partition coefficient (Wildman–Crippen LogP) is 3.70. The van der Waals surface area contributed by atoms with Gasteiger partial charge in [-0.05, 0) is 63.7 Å². The summed E-state index contributed by atoms with van der Waals surface area (Å²) in [5.74, 6) is 1.03. The molecule has 7 heteroatoms. The third-order valence-electron chi connectivity index (χ3n) is 4.93. The Morgan fingerprint density at radius 1 is 1.24 bits per heavy atom. The van der Waals surface area contributed by atoms with Crippen LogP contribution in [0.4, 0.5) is 4.39 Å². The van der Waals surface area contributed by atoms with Gasteiger partial charge in [-0.25, -0.2) is 9.37 Å². The summed E-state index contributed by atoms with van der Waals surface area (Å²) in [5, 5.41) is 6.76. The van der Waals surface area contributed by atoms with Crippen LogP contribution in [0.1, 0.15) is 39.3 Å². The van der Waals surface area contributed by atoms with Crippen molar-refractivity contribution >= 4 is 5.96 Å². The quantitative estimate of drug-likeness (QED) is 0.442. The van der Waals surface area contributed by atoms with Crippen molar-refractivity contribution in [3.8, 4) is 11.5 Å². The largest absolute Gasteiger partial charge is 0.444 e. The van der Waals surface area contributed by atoms with Gasteiger partial charge in [-0.1, -0.05) is 13.8 Å². The van der Waals surface area contributed by atoms with Crippen LogP contribution in [-0.2, 0) is 6.42 Å². The summed E-state index contributed by atoms with van der Waals surface area (Å²) in [4.78, 5) is 11.2. The van der Waals surface area contributed by atoms with Crippen molar-refractivity contribution in [3.05, 3.63) is 42.0 Å². The molecule has 1 aromatic carbocycles. The number of hydrogen-bond acceptors (Lipinski definition) is 4. The van der Waals surface area contributed by atoms with Gasteiger partial charge in [0.2, 0.25) is 5.89 Å². The molecule has 0 aliphatic carbocycles. The van der Waals surface area contributed by atoms with E-state index in [1.165, 1.54) is 12.1 Å². The van der Waals surface area contributed by atoms with Crippen LogP contribution < -0.4 is 10.6 Å². The van der Waals surface area contributed by atoms with E-state index in [1.54, 1.807) is 25.4 Å². The van der Waals surface area contributed by atoms with Crippen molar-refractivity contribution in [2.45, 2.75) is 46.1 Å². The number of nitrogens with one attached hydrogen (secondary N) is 2. The fourth-order valence-corrected chi connectivity index (χ4v) is 3.12. The van der Waals surface area contributed by atoms with Gasteiger partial charge in [0.05, 0.1) is 5.69 Å². The molecule has 2 rings (SSSR count). The average Bonchev–Trinajstić information content (AvgIpc) is 3.20. The van der Waals surface area contributed by atoms with E-state index >= 15 is 0 Å². The first-order chi connectivity index (χ1) is 14.0. The second-order valence-corrected chi connectivity index (χ2v) is 7.11. The predicted molar refractivity (Wildman–Crippen MR) is 117 cm³/mol. The SMILES string of the molecule is CCN(CC)CCCC(C)NC(=NC)NCCc1coc(-c2ccc(F)cc2)n1. The van der Waals surface area contributed by atoms with Gasteiger partial charge in [0, 0.05) is 31.6 Å². The van der Waals surface area contributed by atoms with Crippen LogP contribution in [0.15, 0.2) is 39.9 Å². The van der Waals surface area contributed by atoms with Crippen LogP contribution in [0.25, 0.3) is 11.5 Å². The zero-order chi connectivity index (χ0) is 21.1. The summed E-state index contributed by atoms with van der Waals surface area (Å²) in [6.07, 6.45) is 4.62. The van der Waals surface area contributed by atoms with Crippen LogP contribution in [0.3, 0.4) is 0 Å². The zero-order valence-electron chi connectivity index (χ0n) is 18.0. The maximum Gasteiger partial charge on any atom is 0.226 e. The van der Waals surface area contributed by atoms with Crippen LogP contribution in [0, 0.1) is 5.82 Å². The lowest BCUT2D eigenvalue weighted by atomic mass is 10.2. The van der Waals surface area contributed by atoms with E-state index in [0.717, 1.165) is 49.7 Å². The van der Waals surface area contributed by atoms with Gasteiger partial charge in [-0.3, -0.25) is 4.99 Å². The van der Waals surface area contributed by atoms with Crippen molar-refractivity contribution < 1.29 is 8.81 Å². The van der Waals surface area contributed by atoms with Crippen molar-refractivity contribution in [2.24, 2.45) is 4.99 Å². The number of nitrogens with zero attached hydrogens (tertiary/aromatic N) is 3. The number of hydrogen-bond donors (Lipinski definition) is 2. The summed E-state index contributed by atoms with van der Waals surface area (Å²) in [5.41, 5.74) is 1.61. The van der Waals surface area contributed by atoms with Gasteiger partial charge in [0.15, 0.2) is 5.96 Å². The number of rotatable bonds is 11. The van der Waals surface area contributed by atoms with Crippen molar-refractivity contribution in [1.82, 2.24) is 20.5 Å². The highest BCUT2D eigenvalue weighted by molar-refractivity contribution is 5.79. The van der Waals surface area contributed by atoms with Crippen LogP contribution in [0.2, 0.25) is 0 Å². The topological polar surface area (TPSA) is 65.7 Å². The Morgan fingerprint density at radius 3 is 2.62 bits per heavy atom. The molecular formula is C22H34FN5O. The van der Waals surface area contributed by atoms with Gasteiger partial charge < -0.3 is 20.0 Å². The Hall–Kier alpha value is -2.41. The zero-order valence-corrected chi connectivity index (χ0v) is 18.0. The van der Waals surface area contributed by atoms with E-state index < -0.39 is 0 Å². The summed E-state index contributed by atoms with van der Waals surface area (Å²) in [6, 6.07) is 6.49. The van der Waals surface area contributed by atoms with Crippen LogP contribution in [-0.4, -0.2) is 55.1 Å². The first kappa shape index (κ1) is 22.9. The lowest BCUT2D eigenvalue weighted by molar-refractivity contribution is 0.292. The number of benzene rings is 1. The molecule has 1 unspecified atom stereocenters. The number of aliphatic imine (C=N–C) groups is 1. The minimum atomic E-state index is -0.272. The summed E-state index contributed by atoms with van der Waals surface area (Å²) < 4.78 is 18.5. The minimum Gasteiger partial charge on any atom is -0.444 e. The monoisotopic (exact) mass is 403 g/mol. The standard InChI is InChI=1S/C22H34FN5O/c1-5-28(6-2)15-7-8-17(3)26-22(24-4)25-14-13-20-16-29-21(27-20)18-9-11-19(23)12-10-18/h9-12,16-17H,5-8,13-15H2,1-4H3,(H2,24,25,26). The van der Waals surface area contributed by atoms with Gasteiger partial charge in [-0.15, -0.1) is 0 Å². The Morgan fingerprint density at radius 2 is 1.97 bits per heavy atom. The van der Waals surface area contributed by atoms with Crippen molar-refractivity contribution in [3.63, 3.8) is 0 Å². The second-order valence-electron chi connectivity index (χ2n) is 7.11. The van der Waals surface area contributed by atoms with E-state index in [4.69, 9.17) is 4.42 Å². The van der Waals surface area contributed by atoms with E-state index in [1.807, 2.05) is 0 Å². The average molecular weight is 404 g/mol. The van der Waals surface area contributed by atoms with Crippen molar-refractivity contribution in [1.29, 1.82) is 0 Å². The van der Waals surface area contributed by atoms with Gasteiger partial charge in [0.25, 0.3) is 0 Å². The highest BCUT2D eigenvalue weighted by Gasteiger charge is 2.09. The third-order valence-corrected chi connectivity index (χ3v) is 4.93. The molecular weight excluding hydrogens is 369 g/mol. The van der Waals surface area contributed by atoms with Gasteiger partial charge in [0.1, 0.15) is 12.1 Å². The fraction of sp³-hybridized carbons (Fsp3) is 0.545. The normalized spacial score (nSPS) is 13.0. The first-order valence-electron chi connectivity index (χ1n) is 10.5. The molecule has 0 saturated carbocycles. The molecule has 0 aliphatic rings. The third kappa shape index (κ3) is 7.85. The van der Waals surface area contributed by atoms with E-state index in [0.29, 0.717) is 24.9 Å². The van der Waals surface area contributed by atoms with E-state index in [2.05, 4.69) is 46.3 Å². The molecule has 0 saturated heterocycles. The molecule has 1 aromatic heterocycles. The maximum atomic E-state index is 13.0. The number of guanidine groups is 1. The lowest BCUT2D eigenvalue weighted by Crippen LogP contribution is -2.43. The molecule has 2 aromatic rings. The molecule has 0 bridgehead atoms. The number of oxazole rings is 1. The molecule has 2 N–H and O–H groups in total. The van der Waals surface area contributed by atoms with Gasteiger partial charge in [-0.2, -0.15) is 0 Å². The highest BCUT2D eigenvalue weighted by Crippen LogP contribution is 2.18. The van der Waals surface area contributed by atoms with E-state index in [9.17, 15) is 4.39 Å².